The van der Waals surface area contributed by atoms with Gasteiger partial charge in [-0.1, -0.05) is 0 Å². The molecular weight excluding hydrogens is 157 g/mol. The second-order valence-corrected chi connectivity index (χ2v) is 1.77. The van der Waals surface area contributed by atoms with Crippen LogP contribution in [0.1, 0.15) is 0 Å². The molecule has 0 aliphatic heterocycles. The van der Waals surface area contributed by atoms with Crippen molar-refractivity contribution in [3.63, 3.8) is 0 Å². The van der Waals surface area contributed by atoms with Crippen LogP contribution in [0, 0.1) is 0 Å². The number of rotatable bonds is 0. The predicted octanol–water partition coefficient (Wildman–Crippen LogP) is -1.85. The minimum atomic E-state index is -3.67. The molecule has 6 heteroatoms. The molecule has 0 aromatic heterocycles. The summed E-state index contributed by atoms with van der Waals surface area (Å²) < 4.78 is 18.4. The van der Waals surface area contributed by atoms with Gasteiger partial charge in [0.25, 0.3) is 10.2 Å². The molecule has 0 aromatic rings. The summed E-state index contributed by atoms with van der Waals surface area (Å²) in [5.74, 6) is 0. The van der Waals surface area contributed by atoms with E-state index in [-0.39, 0.29) is 19.5 Å². The molecule has 0 aromatic carbocycles. The van der Waals surface area contributed by atoms with Gasteiger partial charge in [0.1, 0.15) is 0 Å². The Hall–Kier alpha value is 0.493. The van der Waals surface area contributed by atoms with Crippen LogP contribution < -0.4 is 10.3 Å². The van der Waals surface area contributed by atoms with Gasteiger partial charge >= 0.3 is 0 Å². The van der Waals surface area contributed by atoms with E-state index in [2.05, 4.69) is 10.3 Å². The van der Waals surface area contributed by atoms with Gasteiger partial charge in [-0.05, 0) is 0 Å². The Bertz CT molecular complexity index is 94.7. The van der Waals surface area contributed by atoms with E-state index in [1.807, 2.05) is 0 Å². The zero-order chi connectivity index (χ0) is 4.50. The number of nitrogens with two attached hydrogens (primary N) is 2. The van der Waals surface area contributed by atoms with E-state index in [4.69, 9.17) is 0 Å². The van der Waals surface area contributed by atoms with Crippen LogP contribution in [0.4, 0.5) is 0 Å². The maximum atomic E-state index is 9.19. The minimum Gasteiger partial charge on any atom is -0.216 e. The smallest absolute Gasteiger partial charge is 0.216 e. The third-order valence-electron chi connectivity index (χ3n) is 0. The van der Waals surface area contributed by atoms with Gasteiger partial charge in [0.2, 0.25) is 0 Å². The first-order valence-corrected chi connectivity index (χ1v) is 2.41. The first kappa shape index (κ1) is 9.71. The monoisotopic (exact) mass is 160 g/mol. The van der Waals surface area contributed by atoms with Crippen LogP contribution in [0.3, 0.4) is 0 Å². The van der Waals surface area contributed by atoms with Crippen LogP contribution in [0.5, 0.6) is 0 Å². The second-order valence-electron chi connectivity index (χ2n) is 0.589. The Morgan fingerprint density at radius 3 is 1.17 bits per heavy atom. The van der Waals surface area contributed by atoms with Crippen molar-refractivity contribution in [2.45, 2.75) is 0 Å². The van der Waals surface area contributed by atoms with E-state index >= 15 is 0 Å². The quantitative estimate of drug-likeness (QED) is 0.409. The van der Waals surface area contributed by atoms with Gasteiger partial charge in [-0.25, -0.2) is 10.3 Å². The first-order valence-electron chi connectivity index (χ1n) is 0.805. The maximum absolute atomic E-state index is 9.19. The van der Waals surface area contributed by atoms with Crippen molar-refractivity contribution < 1.29 is 27.9 Å². The molecule has 0 heterocycles. The molecule has 0 rings (SSSR count). The fourth-order valence-corrected chi connectivity index (χ4v) is 0. The van der Waals surface area contributed by atoms with Gasteiger partial charge in [0, 0.05) is 19.5 Å². The molecule has 0 fully saturated rings. The molecule has 0 aliphatic rings. The van der Waals surface area contributed by atoms with Crippen molar-refractivity contribution in [1.82, 2.24) is 0 Å². The summed E-state index contributed by atoms with van der Waals surface area (Å²) in [7, 11) is -3.67. The molecule has 0 unspecified atom stereocenters. The molecule has 0 saturated carbocycles. The van der Waals surface area contributed by atoms with Crippen LogP contribution in [0.15, 0.2) is 0 Å². The van der Waals surface area contributed by atoms with Gasteiger partial charge in [0.15, 0.2) is 0 Å². The van der Waals surface area contributed by atoms with E-state index in [1.165, 1.54) is 0 Å². The van der Waals surface area contributed by atoms with Crippen molar-refractivity contribution in [2.75, 3.05) is 0 Å². The molecule has 0 atom stereocenters. The Balaban J connectivity index is 0. The zero-order valence-electron chi connectivity index (χ0n) is 3.09. The summed E-state index contributed by atoms with van der Waals surface area (Å²) in [4.78, 5) is 0. The number of hydrogen-bond acceptors (Lipinski definition) is 2. The molecule has 34 valence electrons. The summed E-state index contributed by atoms with van der Waals surface area (Å²) in [5, 5.41) is 8.21. The Kier molecular flexibility index (Phi) is 4.25. The molecule has 4 N–H and O–H groups in total. The first-order chi connectivity index (χ1) is 2.00. The van der Waals surface area contributed by atoms with Gasteiger partial charge in [-0.3, -0.25) is 0 Å². The van der Waals surface area contributed by atoms with Crippen molar-refractivity contribution in [3.8, 4) is 0 Å². The van der Waals surface area contributed by atoms with Crippen molar-refractivity contribution in [1.29, 1.82) is 0 Å². The maximum Gasteiger partial charge on any atom is 0.271 e. The fraction of sp³-hybridized carbons (Fsp3) is 0. The Labute approximate surface area is 48.8 Å². The molecule has 0 spiro atoms. The summed E-state index contributed by atoms with van der Waals surface area (Å²) in [6.07, 6.45) is 0. The third-order valence-corrected chi connectivity index (χ3v) is 0. The van der Waals surface area contributed by atoms with Gasteiger partial charge in [0.05, 0.1) is 0 Å². The molecule has 0 amide bonds. The molecule has 4 nitrogen and oxygen atoms in total. The van der Waals surface area contributed by atoms with Gasteiger partial charge in [-0.15, -0.1) is 0 Å². The summed E-state index contributed by atoms with van der Waals surface area (Å²) >= 11 is 0. The number of hydrogen-bond donors (Lipinski definition) is 2. The second kappa shape index (κ2) is 2.63. The Morgan fingerprint density at radius 1 is 1.17 bits per heavy atom. The standard InChI is InChI=1S/H4N2O2S.Zn/c1-5(2,3)4;/h(H4,1,2,3,4);. The van der Waals surface area contributed by atoms with Crippen LogP contribution in [-0.4, -0.2) is 8.42 Å². The molecule has 0 bridgehead atoms. The summed E-state index contributed by atoms with van der Waals surface area (Å²) in [5.41, 5.74) is 0. The third kappa shape index (κ3) is 225. The average molecular weight is 162 g/mol. The van der Waals surface area contributed by atoms with E-state index in [9.17, 15) is 8.42 Å². The SMILES string of the molecule is NS(N)(=O)=O.[Zn]. The van der Waals surface area contributed by atoms with E-state index in [0.717, 1.165) is 0 Å². The van der Waals surface area contributed by atoms with E-state index in [0.29, 0.717) is 0 Å². The minimum absolute atomic E-state index is 0. The van der Waals surface area contributed by atoms with Crippen molar-refractivity contribution in [2.24, 2.45) is 10.3 Å². The van der Waals surface area contributed by atoms with Gasteiger partial charge < -0.3 is 0 Å². The largest absolute Gasteiger partial charge is 0.271 e. The van der Waals surface area contributed by atoms with Crippen LogP contribution in [0.2, 0.25) is 0 Å². The molecule has 0 saturated heterocycles. The summed E-state index contributed by atoms with van der Waals surface area (Å²) in [6.45, 7) is 0. The molecular formula is H4N2O2SZn. The average Bonchev–Trinajstić information content (AvgIpc) is 0.722. The molecule has 6 heavy (non-hydrogen) atoms. The van der Waals surface area contributed by atoms with Crippen molar-refractivity contribution >= 4 is 10.2 Å². The summed E-state index contributed by atoms with van der Waals surface area (Å²) in [6, 6.07) is 0. The van der Waals surface area contributed by atoms with Crippen LogP contribution in [0.25, 0.3) is 0 Å². The van der Waals surface area contributed by atoms with Crippen LogP contribution in [-0.2, 0) is 29.7 Å². The van der Waals surface area contributed by atoms with Crippen LogP contribution >= 0.6 is 0 Å². The van der Waals surface area contributed by atoms with Gasteiger partial charge in [-0.2, -0.15) is 8.42 Å². The molecule has 0 aliphatic carbocycles. The van der Waals surface area contributed by atoms with E-state index in [1.54, 1.807) is 0 Å². The normalized spacial score (nSPS) is 9.67. The fourth-order valence-electron chi connectivity index (χ4n) is 0. The Morgan fingerprint density at radius 2 is 1.17 bits per heavy atom. The van der Waals surface area contributed by atoms with Crippen molar-refractivity contribution in [3.05, 3.63) is 0 Å². The van der Waals surface area contributed by atoms with E-state index < -0.39 is 10.2 Å². The molecule has 0 radical (unpaired) electrons. The topological polar surface area (TPSA) is 86.2 Å². The zero-order valence-corrected chi connectivity index (χ0v) is 6.87. The predicted molar refractivity (Wildman–Crippen MR) is 17.3 cm³/mol.